The number of rotatable bonds is 3. The normalized spacial score (nSPS) is 18.5. The number of aliphatic hydroxyl groups excluding tert-OH is 1. The van der Waals surface area contributed by atoms with Crippen molar-refractivity contribution in [2.24, 2.45) is 0 Å². The lowest BCUT2D eigenvalue weighted by Gasteiger charge is -2.35. The highest BCUT2D eigenvalue weighted by atomic mass is 32.1. The number of thiophene rings is 1. The van der Waals surface area contributed by atoms with E-state index in [0.717, 1.165) is 42.7 Å². The molecule has 0 radical (unpaired) electrons. The second-order valence-corrected chi connectivity index (χ2v) is 6.01. The molecule has 2 rings (SSSR count). The molecule has 4 heteroatoms. The number of aliphatic hydroxyl groups is 1. The van der Waals surface area contributed by atoms with Gasteiger partial charge in [0.25, 0.3) is 5.91 Å². The zero-order valence-corrected chi connectivity index (χ0v) is 12.7. The van der Waals surface area contributed by atoms with Crippen molar-refractivity contribution in [2.45, 2.75) is 45.1 Å². The number of hydrogen-bond donors (Lipinski definition) is 1. The van der Waals surface area contributed by atoms with E-state index in [4.69, 9.17) is 5.11 Å². The van der Waals surface area contributed by atoms with Crippen LogP contribution in [0.5, 0.6) is 0 Å². The van der Waals surface area contributed by atoms with Crippen LogP contribution in [0.1, 0.15) is 54.3 Å². The first-order valence-corrected chi connectivity index (χ1v) is 8.13. The van der Waals surface area contributed by atoms with Gasteiger partial charge in [0.1, 0.15) is 6.61 Å². The van der Waals surface area contributed by atoms with E-state index < -0.39 is 0 Å². The summed E-state index contributed by atoms with van der Waals surface area (Å²) in [4.78, 5) is 15.5. The van der Waals surface area contributed by atoms with Crippen LogP contribution in [-0.4, -0.2) is 35.1 Å². The molecule has 20 heavy (non-hydrogen) atoms. The molecule has 1 aliphatic rings. The van der Waals surface area contributed by atoms with Crippen LogP contribution in [-0.2, 0) is 0 Å². The zero-order chi connectivity index (χ0) is 14.4. The molecule has 1 aliphatic heterocycles. The third kappa shape index (κ3) is 3.62. The minimum absolute atomic E-state index is 0.136. The van der Waals surface area contributed by atoms with Crippen LogP contribution in [0.3, 0.4) is 0 Å². The molecule has 1 N–H and O–H groups in total. The Hall–Kier alpha value is -1.31. The van der Waals surface area contributed by atoms with Crippen molar-refractivity contribution in [1.82, 2.24) is 4.90 Å². The van der Waals surface area contributed by atoms with Gasteiger partial charge in [0.2, 0.25) is 0 Å². The summed E-state index contributed by atoms with van der Waals surface area (Å²) in [6, 6.07) is 2.24. The molecule has 2 heterocycles. The minimum Gasteiger partial charge on any atom is -0.384 e. The van der Waals surface area contributed by atoms with E-state index in [1.54, 1.807) is 0 Å². The number of likely N-dealkylation sites (tertiary alicyclic amines) is 1. The standard InChI is InChI=1S/C16H21NO2S/c1-2-6-14-7-3-4-9-17(14)16(19)13-11-15(20-12-13)8-5-10-18/h11-12,14,18H,2-4,6-7,9-10H2,1H3. The number of carbonyl (C=O) groups is 1. The number of carbonyl (C=O) groups excluding carboxylic acids is 1. The minimum atomic E-state index is -0.147. The van der Waals surface area contributed by atoms with Gasteiger partial charge in [0, 0.05) is 18.0 Å². The van der Waals surface area contributed by atoms with Crippen LogP contribution in [0.25, 0.3) is 0 Å². The first-order valence-electron chi connectivity index (χ1n) is 7.25. The molecule has 1 atom stereocenters. The molecule has 0 saturated carbocycles. The molecular formula is C16H21NO2S. The molecule has 108 valence electrons. The van der Waals surface area contributed by atoms with Gasteiger partial charge in [-0.15, -0.1) is 11.3 Å². The van der Waals surface area contributed by atoms with Crippen molar-refractivity contribution in [3.05, 3.63) is 21.9 Å². The first kappa shape index (κ1) is 15.1. The maximum atomic E-state index is 12.6. The number of piperidine rings is 1. The Morgan fingerprint density at radius 2 is 2.40 bits per heavy atom. The van der Waals surface area contributed by atoms with E-state index in [1.807, 2.05) is 16.3 Å². The van der Waals surface area contributed by atoms with Crippen LogP contribution in [0.15, 0.2) is 11.4 Å². The SMILES string of the molecule is CCCC1CCCCN1C(=O)c1csc(C#CCO)c1. The third-order valence-electron chi connectivity index (χ3n) is 3.65. The third-order valence-corrected chi connectivity index (χ3v) is 4.49. The smallest absolute Gasteiger partial charge is 0.254 e. The maximum Gasteiger partial charge on any atom is 0.254 e. The van der Waals surface area contributed by atoms with E-state index in [0.29, 0.717) is 6.04 Å². The summed E-state index contributed by atoms with van der Waals surface area (Å²) in [6.07, 6.45) is 5.66. The summed E-state index contributed by atoms with van der Waals surface area (Å²) < 4.78 is 0. The Bertz CT molecular complexity index is 510. The Balaban J connectivity index is 2.10. The van der Waals surface area contributed by atoms with E-state index in [2.05, 4.69) is 18.8 Å². The largest absolute Gasteiger partial charge is 0.384 e. The molecule has 1 saturated heterocycles. The predicted molar refractivity (Wildman–Crippen MR) is 81.9 cm³/mol. The maximum absolute atomic E-state index is 12.6. The van der Waals surface area contributed by atoms with E-state index in [-0.39, 0.29) is 12.5 Å². The highest BCUT2D eigenvalue weighted by Crippen LogP contribution is 2.24. The van der Waals surface area contributed by atoms with Crippen molar-refractivity contribution < 1.29 is 9.90 Å². The van der Waals surface area contributed by atoms with E-state index >= 15 is 0 Å². The lowest BCUT2D eigenvalue weighted by atomic mass is 9.97. The fourth-order valence-corrected chi connectivity index (χ4v) is 3.46. The zero-order valence-electron chi connectivity index (χ0n) is 11.9. The summed E-state index contributed by atoms with van der Waals surface area (Å²) >= 11 is 1.46. The Labute approximate surface area is 124 Å². The van der Waals surface area contributed by atoms with E-state index in [9.17, 15) is 4.79 Å². The van der Waals surface area contributed by atoms with Crippen LogP contribution < -0.4 is 0 Å². The van der Waals surface area contributed by atoms with Gasteiger partial charge in [0.15, 0.2) is 0 Å². The number of amides is 1. The summed E-state index contributed by atoms with van der Waals surface area (Å²) in [5.74, 6) is 5.61. The van der Waals surface area contributed by atoms with Gasteiger partial charge in [0.05, 0.1) is 10.4 Å². The van der Waals surface area contributed by atoms with Crippen molar-refractivity contribution in [1.29, 1.82) is 0 Å². The van der Waals surface area contributed by atoms with Gasteiger partial charge in [-0.05, 0) is 31.7 Å². The van der Waals surface area contributed by atoms with Gasteiger partial charge >= 0.3 is 0 Å². The summed E-state index contributed by atoms with van der Waals surface area (Å²) in [5, 5.41) is 10.6. The monoisotopic (exact) mass is 291 g/mol. The molecule has 0 aromatic carbocycles. The molecule has 1 unspecified atom stereocenters. The molecule has 1 aromatic rings. The van der Waals surface area contributed by atoms with Gasteiger partial charge in [-0.2, -0.15) is 0 Å². The Morgan fingerprint density at radius 1 is 1.55 bits per heavy atom. The lowest BCUT2D eigenvalue weighted by molar-refractivity contribution is 0.0601. The van der Waals surface area contributed by atoms with Gasteiger partial charge in [-0.3, -0.25) is 4.79 Å². The number of hydrogen-bond acceptors (Lipinski definition) is 3. The van der Waals surface area contributed by atoms with Gasteiger partial charge < -0.3 is 10.0 Å². The summed E-state index contributed by atoms with van der Waals surface area (Å²) in [6.45, 7) is 2.90. The highest BCUT2D eigenvalue weighted by molar-refractivity contribution is 7.10. The van der Waals surface area contributed by atoms with Crippen molar-refractivity contribution >= 4 is 17.2 Å². The van der Waals surface area contributed by atoms with Crippen molar-refractivity contribution in [3.8, 4) is 11.8 Å². The molecule has 1 fully saturated rings. The molecule has 0 spiro atoms. The fraction of sp³-hybridized carbons (Fsp3) is 0.562. The average molecular weight is 291 g/mol. The molecule has 1 aromatic heterocycles. The average Bonchev–Trinajstić information content (AvgIpc) is 2.94. The van der Waals surface area contributed by atoms with E-state index in [1.165, 1.54) is 17.8 Å². The first-order chi connectivity index (χ1) is 9.76. The van der Waals surface area contributed by atoms with Crippen LogP contribution in [0.4, 0.5) is 0 Å². The Kier molecular flexibility index (Phi) is 5.63. The molecule has 3 nitrogen and oxygen atoms in total. The molecule has 0 bridgehead atoms. The molecule has 1 amide bonds. The Morgan fingerprint density at radius 3 is 3.15 bits per heavy atom. The van der Waals surface area contributed by atoms with Gasteiger partial charge in [-0.25, -0.2) is 0 Å². The quantitative estimate of drug-likeness (QED) is 0.870. The second-order valence-electron chi connectivity index (χ2n) is 5.10. The second kappa shape index (κ2) is 7.47. The summed E-state index contributed by atoms with van der Waals surface area (Å²) in [7, 11) is 0. The van der Waals surface area contributed by atoms with Gasteiger partial charge in [-0.1, -0.05) is 25.2 Å². The molecule has 0 aliphatic carbocycles. The van der Waals surface area contributed by atoms with Crippen molar-refractivity contribution in [2.75, 3.05) is 13.2 Å². The molecular weight excluding hydrogens is 270 g/mol. The number of nitrogens with zero attached hydrogens (tertiary/aromatic N) is 1. The highest BCUT2D eigenvalue weighted by Gasteiger charge is 2.27. The fourth-order valence-electron chi connectivity index (χ4n) is 2.71. The van der Waals surface area contributed by atoms with Crippen molar-refractivity contribution in [3.63, 3.8) is 0 Å². The predicted octanol–water partition coefficient (Wildman–Crippen LogP) is 2.89. The van der Waals surface area contributed by atoms with Crippen LogP contribution in [0.2, 0.25) is 0 Å². The van der Waals surface area contributed by atoms with Crippen LogP contribution in [0, 0.1) is 11.8 Å². The topological polar surface area (TPSA) is 40.5 Å². The van der Waals surface area contributed by atoms with Crippen LogP contribution >= 0.6 is 11.3 Å². The summed E-state index contributed by atoms with van der Waals surface area (Å²) in [5.41, 5.74) is 0.736. The lowest BCUT2D eigenvalue weighted by Crippen LogP contribution is -2.43.